The van der Waals surface area contributed by atoms with Crippen molar-refractivity contribution in [2.45, 2.75) is 83.8 Å². The van der Waals surface area contributed by atoms with E-state index in [9.17, 15) is 9.59 Å². The lowest BCUT2D eigenvalue weighted by molar-refractivity contribution is -0.150. The van der Waals surface area contributed by atoms with E-state index in [-0.39, 0.29) is 28.6 Å². The van der Waals surface area contributed by atoms with Crippen LogP contribution in [0.2, 0.25) is 0 Å². The summed E-state index contributed by atoms with van der Waals surface area (Å²) in [6.45, 7) is 9.44. The molecule has 2 bridgehead atoms. The van der Waals surface area contributed by atoms with Gasteiger partial charge in [0.15, 0.2) is 5.78 Å². The van der Waals surface area contributed by atoms with Gasteiger partial charge in [0.05, 0.1) is 6.10 Å². The Balaban J connectivity index is 1.64. The maximum Gasteiger partial charge on any atom is 0.225 e. The fourth-order valence-electron chi connectivity index (χ4n) is 6.17. The van der Waals surface area contributed by atoms with Crippen molar-refractivity contribution in [3.8, 4) is 0 Å². The van der Waals surface area contributed by atoms with Crippen LogP contribution in [-0.4, -0.2) is 42.4 Å². The van der Waals surface area contributed by atoms with Crippen LogP contribution >= 0.6 is 0 Å². The van der Waals surface area contributed by atoms with E-state index in [0.29, 0.717) is 12.0 Å². The molecule has 158 valence electrons. The van der Waals surface area contributed by atoms with E-state index >= 15 is 0 Å². The number of likely N-dealkylation sites (tertiary alicyclic amines) is 1. The third-order valence-corrected chi connectivity index (χ3v) is 8.65. The van der Waals surface area contributed by atoms with E-state index in [1.165, 1.54) is 11.1 Å². The highest BCUT2D eigenvalue weighted by molar-refractivity contribution is 5.94. The lowest BCUT2D eigenvalue weighted by atomic mass is 9.50. The molecule has 0 N–H and O–H groups in total. The summed E-state index contributed by atoms with van der Waals surface area (Å²) < 4.78 is 5.49. The number of Topliss-reactive ketones (excluding diaryl/α,β-unsaturated/α-hetero) is 1. The first-order valence-corrected chi connectivity index (χ1v) is 11.2. The van der Waals surface area contributed by atoms with Crippen molar-refractivity contribution in [2.75, 3.05) is 13.7 Å². The SMILES string of the molecule is COC1CCC(C(=O)N2CC[C@@]3(C)c4cc(C(C)=O)ccc4C[C@@H]2C3(C)C)CC1. The second kappa shape index (κ2) is 7.23. The Hall–Kier alpha value is -1.68. The van der Waals surface area contributed by atoms with Gasteiger partial charge in [-0.25, -0.2) is 0 Å². The number of fused-ring (bicyclic) bond motifs is 4. The quantitative estimate of drug-likeness (QED) is 0.704. The molecule has 0 unspecified atom stereocenters. The molecule has 4 rings (SSSR count). The van der Waals surface area contributed by atoms with Crippen molar-refractivity contribution in [1.82, 2.24) is 4.90 Å². The fraction of sp³-hybridized carbons (Fsp3) is 0.680. The van der Waals surface area contributed by atoms with Crippen LogP contribution in [0, 0.1) is 11.3 Å². The van der Waals surface area contributed by atoms with Crippen LogP contribution in [0.1, 0.15) is 81.3 Å². The molecular formula is C25H35NO3. The van der Waals surface area contributed by atoms with Gasteiger partial charge in [0.2, 0.25) is 5.91 Å². The normalized spacial score (nSPS) is 33.1. The highest BCUT2D eigenvalue weighted by atomic mass is 16.5. The molecule has 0 radical (unpaired) electrons. The molecule has 0 spiro atoms. The van der Waals surface area contributed by atoms with Crippen molar-refractivity contribution in [3.63, 3.8) is 0 Å². The van der Waals surface area contributed by atoms with Crippen LogP contribution in [0.25, 0.3) is 0 Å². The summed E-state index contributed by atoms with van der Waals surface area (Å²) in [5.41, 5.74) is 3.36. The average molecular weight is 398 g/mol. The second-order valence-electron chi connectivity index (χ2n) is 10.2. The monoisotopic (exact) mass is 397 g/mol. The summed E-state index contributed by atoms with van der Waals surface area (Å²) in [5.74, 6) is 0.613. The molecule has 2 atom stereocenters. The number of hydrogen-bond acceptors (Lipinski definition) is 3. The maximum atomic E-state index is 13.5. The highest BCUT2D eigenvalue weighted by Crippen LogP contribution is 2.56. The number of ketones is 1. The Labute approximate surface area is 175 Å². The minimum Gasteiger partial charge on any atom is -0.381 e. The average Bonchev–Trinajstić information content (AvgIpc) is 2.70. The molecule has 1 aromatic rings. The highest BCUT2D eigenvalue weighted by Gasteiger charge is 2.57. The van der Waals surface area contributed by atoms with Gasteiger partial charge in [-0.15, -0.1) is 0 Å². The number of carbonyl (C=O) groups excluding carboxylic acids is 2. The Bertz CT molecular complexity index is 821. The standard InChI is InChI=1S/C25H35NO3/c1-16(27)18-6-7-19-15-22-24(2,3)25(4,21(19)14-18)12-13-26(22)23(28)17-8-10-20(29-5)11-9-17/h6-7,14,17,20,22H,8-13,15H2,1-5H3/t17?,20?,22-,25+/m1/s1. The Kier molecular flexibility index (Phi) is 5.13. The molecule has 1 amide bonds. The van der Waals surface area contributed by atoms with Gasteiger partial charge in [0, 0.05) is 36.6 Å². The number of amides is 1. The van der Waals surface area contributed by atoms with Gasteiger partial charge in [0.1, 0.15) is 0 Å². The number of rotatable bonds is 3. The number of carbonyl (C=O) groups is 2. The zero-order valence-corrected chi connectivity index (χ0v) is 18.6. The summed E-state index contributed by atoms with van der Waals surface area (Å²) in [6, 6.07) is 6.42. The van der Waals surface area contributed by atoms with Crippen molar-refractivity contribution in [3.05, 3.63) is 34.9 Å². The molecule has 1 aromatic carbocycles. The van der Waals surface area contributed by atoms with Gasteiger partial charge < -0.3 is 9.64 Å². The summed E-state index contributed by atoms with van der Waals surface area (Å²) in [5, 5.41) is 0. The largest absolute Gasteiger partial charge is 0.381 e. The van der Waals surface area contributed by atoms with Crippen LogP contribution in [0.4, 0.5) is 0 Å². The number of benzene rings is 1. The number of ether oxygens (including phenoxy) is 1. The molecule has 4 nitrogen and oxygen atoms in total. The van der Waals surface area contributed by atoms with Crippen molar-refractivity contribution in [2.24, 2.45) is 11.3 Å². The van der Waals surface area contributed by atoms with Gasteiger partial charge in [-0.05, 0) is 68.1 Å². The van der Waals surface area contributed by atoms with Gasteiger partial charge >= 0.3 is 0 Å². The summed E-state index contributed by atoms with van der Waals surface area (Å²) >= 11 is 0. The molecular weight excluding hydrogens is 362 g/mol. The van der Waals surface area contributed by atoms with Gasteiger partial charge in [-0.2, -0.15) is 0 Å². The molecule has 2 aliphatic carbocycles. The molecule has 3 aliphatic rings. The van der Waals surface area contributed by atoms with E-state index in [1.54, 1.807) is 14.0 Å². The molecule has 1 aliphatic heterocycles. The zero-order chi connectivity index (χ0) is 21.0. The minimum atomic E-state index is -0.0347. The van der Waals surface area contributed by atoms with Crippen molar-refractivity contribution < 1.29 is 14.3 Å². The zero-order valence-electron chi connectivity index (χ0n) is 18.6. The van der Waals surface area contributed by atoms with Crippen LogP contribution in [0.5, 0.6) is 0 Å². The van der Waals surface area contributed by atoms with E-state index in [2.05, 4.69) is 37.8 Å². The van der Waals surface area contributed by atoms with E-state index in [0.717, 1.165) is 50.6 Å². The fourth-order valence-corrected chi connectivity index (χ4v) is 6.17. The Morgan fingerprint density at radius 3 is 2.41 bits per heavy atom. The summed E-state index contributed by atoms with van der Waals surface area (Å²) in [4.78, 5) is 27.7. The third-order valence-electron chi connectivity index (χ3n) is 8.65. The lowest BCUT2D eigenvalue weighted by Gasteiger charge is -2.61. The van der Waals surface area contributed by atoms with Gasteiger partial charge in [0.25, 0.3) is 0 Å². The minimum absolute atomic E-state index is 0.0266. The predicted molar refractivity (Wildman–Crippen MR) is 114 cm³/mol. The second-order valence-corrected chi connectivity index (χ2v) is 10.2. The summed E-state index contributed by atoms with van der Waals surface area (Å²) in [6.07, 6.45) is 6.01. The predicted octanol–water partition coefficient (Wildman–Crippen LogP) is 4.54. The molecule has 29 heavy (non-hydrogen) atoms. The number of hydrogen-bond donors (Lipinski definition) is 0. The van der Waals surface area contributed by atoms with Crippen LogP contribution in [-0.2, 0) is 21.4 Å². The molecule has 1 saturated carbocycles. The number of methoxy groups -OCH3 is 1. The smallest absolute Gasteiger partial charge is 0.225 e. The van der Waals surface area contributed by atoms with Crippen molar-refractivity contribution >= 4 is 11.7 Å². The van der Waals surface area contributed by atoms with Gasteiger partial charge in [-0.3, -0.25) is 9.59 Å². The Morgan fingerprint density at radius 1 is 1.10 bits per heavy atom. The van der Waals surface area contributed by atoms with Crippen LogP contribution in [0.3, 0.4) is 0 Å². The maximum absolute atomic E-state index is 13.5. The first-order chi connectivity index (χ1) is 13.7. The van der Waals surface area contributed by atoms with E-state index in [4.69, 9.17) is 4.74 Å². The first-order valence-electron chi connectivity index (χ1n) is 11.2. The number of piperidine rings is 1. The molecule has 4 heteroatoms. The van der Waals surface area contributed by atoms with Crippen molar-refractivity contribution in [1.29, 1.82) is 0 Å². The first kappa shape index (κ1) is 20.6. The molecule has 1 heterocycles. The van der Waals surface area contributed by atoms with Crippen LogP contribution in [0.15, 0.2) is 18.2 Å². The third kappa shape index (κ3) is 3.15. The van der Waals surface area contributed by atoms with Gasteiger partial charge in [-0.1, -0.05) is 32.9 Å². The molecule has 2 fully saturated rings. The molecule has 1 saturated heterocycles. The topological polar surface area (TPSA) is 46.6 Å². The Morgan fingerprint density at radius 2 is 1.79 bits per heavy atom. The number of nitrogens with zero attached hydrogens (tertiary/aromatic N) is 1. The molecule has 0 aromatic heterocycles. The lowest BCUT2D eigenvalue weighted by Crippen LogP contribution is -2.65. The van der Waals surface area contributed by atoms with Crippen LogP contribution < -0.4 is 0 Å². The van der Waals surface area contributed by atoms with E-state index in [1.807, 2.05) is 6.07 Å². The summed E-state index contributed by atoms with van der Waals surface area (Å²) in [7, 11) is 1.78. The van der Waals surface area contributed by atoms with E-state index < -0.39 is 0 Å².